The number of aromatic carboxylic acids is 1. The molecule has 0 spiro atoms. The van der Waals surface area contributed by atoms with Gasteiger partial charge in [0.25, 0.3) is 0 Å². The number of imidazole rings is 1. The molecule has 0 aliphatic carbocycles. The van der Waals surface area contributed by atoms with Crippen molar-refractivity contribution in [1.82, 2.24) is 9.55 Å². The van der Waals surface area contributed by atoms with Crippen molar-refractivity contribution in [3.05, 3.63) is 101 Å². The second-order valence-electron chi connectivity index (χ2n) is 7.68. The second kappa shape index (κ2) is 7.81. The van der Waals surface area contributed by atoms with Crippen molar-refractivity contribution in [3.63, 3.8) is 0 Å². The largest absolute Gasteiger partial charge is 0.488 e. The van der Waals surface area contributed by atoms with Gasteiger partial charge in [-0.1, -0.05) is 30.3 Å². The molecule has 1 aliphatic rings. The Hall–Kier alpha value is -4.07. The fourth-order valence-corrected chi connectivity index (χ4v) is 4.00. The normalized spacial score (nSPS) is 14.5. The summed E-state index contributed by atoms with van der Waals surface area (Å²) in [7, 11) is 0. The highest BCUT2D eigenvalue weighted by Crippen LogP contribution is 2.37. The van der Waals surface area contributed by atoms with Crippen LogP contribution in [-0.4, -0.2) is 20.6 Å². The van der Waals surface area contributed by atoms with Crippen molar-refractivity contribution in [2.75, 3.05) is 0 Å². The standard InChI is InChI=1S/C25H17F3N2O3/c26-25(27,28)17-6-7-22-21(12-17)29-14-30(22)10-9-19-18-4-2-1-3-16(18)13-33-23-8-5-15(24(31)32)11-20(19)23/h1-9,11-12,14H,10,13H2,(H,31,32)/b19-9+. The van der Waals surface area contributed by atoms with Gasteiger partial charge in [-0.25, -0.2) is 9.78 Å². The smallest absolute Gasteiger partial charge is 0.416 e. The van der Waals surface area contributed by atoms with Gasteiger partial charge in [-0.3, -0.25) is 0 Å². The molecule has 0 saturated carbocycles. The Morgan fingerprint density at radius 1 is 1.09 bits per heavy atom. The number of alkyl halides is 3. The van der Waals surface area contributed by atoms with Crippen molar-refractivity contribution in [3.8, 4) is 5.75 Å². The predicted molar refractivity (Wildman–Crippen MR) is 116 cm³/mol. The molecule has 3 aromatic carbocycles. The first-order valence-electron chi connectivity index (χ1n) is 10.1. The van der Waals surface area contributed by atoms with Crippen LogP contribution in [0, 0.1) is 0 Å². The number of benzene rings is 3. The van der Waals surface area contributed by atoms with Crippen LogP contribution >= 0.6 is 0 Å². The lowest BCUT2D eigenvalue weighted by molar-refractivity contribution is -0.137. The van der Waals surface area contributed by atoms with E-state index in [1.165, 1.54) is 18.5 Å². The number of carboxylic acid groups (broad SMARTS) is 1. The van der Waals surface area contributed by atoms with Crippen LogP contribution in [0.5, 0.6) is 5.75 Å². The summed E-state index contributed by atoms with van der Waals surface area (Å²) in [6.45, 7) is 0.656. The van der Waals surface area contributed by atoms with Crippen LogP contribution in [0.2, 0.25) is 0 Å². The van der Waals surface area contributed by atoms with Gasteiger partial charge in [-0.15, -0.1) is 0 Å². The van der Waals surface area contributed by atoms with Crippen molar-refractivity contribution in [1.29, 1.82) is 0 Å². The van der Waals surface area contributed by atoms with Gasteiger partial charge in [-0.2, -0.15) is 13.2 Å². The first kappa shape index (κ1) is 20.8. The Kier molecular flexibility index (Phi) is 4.92. The van der Waals surface area contributed by atoms with Crippen molar-refractivity contribution < 1.29 is 27.8 Å². The molecule has 5 rings (SSSR count). The Morgan fingerprint density at radius 3 is 2.70 bits per heavy atom. The highest BCUT2D eigenvalue weighted by atomic mass is 19.4. The van der Waals surface area contributed by atoms with E-state index in [0.29, 0.717) is 30.0 Å². The zero-order valence-electron chi connectivity index (χ0n) is 17.1. The lowest BCUT2D eigenvalue weighted by Gasteiger charge is -2.12. The first-order chi connectivity index (χ1) is 15.8. The molecule has 8 heteroatoms. The summed E-state index contributed by atoms with van der Waals surface area (Å²) in [6.07, 6.45) is -1.03. The number of allylic oxidation sites excluding steroid dienone is 1. The van der Waals surface area contributed by atoms with E-state index < -0.39 is 17.7 Å². The summed E-state index contributed by atoms with van der Waals surface area (Å²) >= 11 is 0. The molecule has 1 aromatic heterocycles. The van der Waals surface area contributed by atoms with Crippen molar-refractivity contribution in [2.45, 2.75) is 19.3 Å². The van der Waals surface area contributed by atoms with E-state index in [9.17, 15) is 23.1 Å². The molecule has 0 unspecified atom stereocenters. The Labute approximate surface area is 186 Å². The van der Waals surface area contributed by atoms with Crippen molar-refractivity contribution >= 4 is 22.6 Å². The summed E-state index contributed by atoms with van der Waals surface area (Å²) in [5, 5.41) is 9.46. The van der Waals surface area contributed by atoms with Crippen LogP contribution in [0.15, 0.2) is 73.1 Å². The Morgan fingerprint density at radius 2 is 1.91 bits per heavy atom. The fourth-order valence-electron chi connectivity index (χ4n) is 4.00. The number of carboxylic acids is 1. The zero-order valence-corrected chi connectivity index (χ0v) is 17.1. The molecule has 0 bridgehead atoms. The maximum Gasteiger partial charge on any atom is 0.416 e. The summed E-state index contributed by atoms with van der Waals surface area (Å²) < 4.78 is 46.8. The summed E-state index contributed by atoms with van der Waals surface area (Å²) in [5.41, 5.74) is 3.49. The molecular weight excluding hydrogens is 433 g/mol. The second-order valence-corrected chi connectivity index (χ2v) is 7.68. The van der Waals surface area contributed by atoms with Gasteiger partial charge in [0.05, 0.1) is 28.5 Å². The van der Waals surface area contributed by atoms with Gasteiger partial charge in [0.2, 0.25) is 0 Å². The minimum atomic E-state index is -4.43. The van der Waals surface area contributed by atoms with Crippen LogP contribution in [0.25, 0.3) is 16.6 Å². The number of carbonyl (C=O) groups is 1. The van der Waals surface area contributed by atoms with E-state index in [2.05, 4.69) is 4.98 Å². The monoisotopic (exact) mass is 450 g/mol. The molecule has 0 amide bonds. The molecule has 0 atom stereocenters. The quantitative estimate of drug-likeness (QED) is 0.430. The summed E-state index contributed by atoms with van der Waals surface area (Å²) in [6, 6.07) is 15.9. The Bertz CT molecular complexity index is 1420. The number of nitrogens with zero attached hydrogens (tertiary/aromatic N) is 2. The molecule has 0 saturated heterocycles. The van der Waals surface area contributed by atoms with E-state index in [1.54, 1.807) is 16.7 Å². The van der Waals surface area contributed by atoms with E-state index in [0.717, 1.165) is 28.8 Å². The molecule has 166 valence electrons. The number of ether oxygens (including phenoxy) is 1. The SMILES string of the molecule is O=C(O)c1ccc2c(c1)/C(=C/Cn1cnc3cc(C(F)(F)F)ccc31)c1ccccc1CO2. The van der Waals surface area contributed by atoms with Crippen molar-refractivity contribution in [2.24, 2.45) is 0 Å². The lowest BCUT2D eigenvalue weighted by Crippen LogP contribution is -2.04. The first-order valence-corrected chi connectivity index (χ1v) is 10.1. The third-order valence-electron chi connectivity index (χ3n) is 5.65. The summed E-state index contributed by atoms with van der Waals surface area (Å²) in [5.74, 6) is -0.483. The number of rotatable bonds is 3. The van der Waals surface area contributed by atoms with E-state index in [1.807, 2.05) is 30.3 Å². The van der Waals surface area contributed by atoms with Gasteiger partial charge >= 0.3 is 12.1 Å². The van der Waals surface area contributed by atoms with Gasteiger partial charge in [0, 0.05) is 12.1 Å². The zero-order chi connectivity index (χ0) is 23.2. The molecule has 1 aliphatic heterocycles. The van der Waals surface area contributed by atoms with Gasteiger partial charge < -0.3 is 14.4 Å². The molecule has 1 N–H and O–H groups in total. The minimum Gasteiger partial charge on any atom is -0.488 e. The maximum absolute atomic E-state index is 13.0. The van der Waals surface area contributed by atoms with Crippen LogP contribution in [0.3, 0.4) is 0 Å². The topological polar surface area (TPSA) is 64.3 Å². The van der Waals surface area contributed by atoms with E-state index >= 15 is 0 Å². The van der Waals surface area contributed by atoms with E-state index in [-0.39, 0.29) is 11.1 Å². The summed E-state index contributed by atoms with van der Waals surface area (Å²) in [4.78, 5) is 15.7. The Balaban J connectivity index is 1.61. The minimum absolute atomic E-state index is 0.135. The van der Waals surface area contributed by atoms with E-state index in [4.69, 9.17) is 4.74 Å². The number of hydrogen-bond donors (Lipinski definition) is 1. The predicted octanol–water partition coefficient (Wildman–Crippen LogP) is 5.78. The lowest BCUT2D eigenvalue weighted by atomic mass is 9.93. The molecule has 0 radical (unpaired) electrons. The third-order valence-corrected chi connectivity index (χ3v) is 5.65. The molecule has 2 heterocycles. The fraction of sp³-hybridized carbons (Fsp3) is 0.120. The molecule has 0 fully saturated rings. The van der Waals surface area contributed by atoms with Gasteiger partial charge in [0.1, 0.15) is 12.4 Å². The third kappa shape index (κ3) is 3.84. The number of fused-ring (bicyclic) bond motifs is 3. The van der Waals surface area contributed by atoms with Crippen LogP contribution < -0.4 is 4.74 Å². The molecule has 4 aromatic rings. The molecule has 33 heavy (non-hydrogen) atoms. The van der Waals surface area contributed by atoms with Gasteiger partial charge in [-0.05, 0) is 53.1 Å². The number of hydrogen-bond acceptors (Lipinski definition) is 3. The number of halogens is 3. The molecular formula is C25H17F3N2O3. The maximum atomic E-state index is 13.0. The highest BCUT2D eigenvalue weighted by molar-refractivity contribution is 5.92. The average Bonchev–Trinajstić information content (AvgIpc) is 3.13. The van der Waals surface area contributed by atoms with Crippen LogP contribution in [0.1, 0.15) is 32.6 Å². The van der Waals surface area contributed by atoms with Crippen LogP contribution in [0.4, 0.5) is 13.2 Å². The average molecular weight is 450 g/mol. The number of aromatic nitrogens is 2. The van der Waals surface area contributed by atoms with Crippen LogP contribution in [-0.2, 0) is 19.3 Å². The highest BCUT2D eigenvalue weighted by Gasteiger charge is 2.30. The molecule has 5 nitrogen and oxygen atoms in total. The van der Waals surface area contributed by atoms with Gasteiger partial charge in [0.15, 0.2) is 0 Å².